The number of esters is 1. The third-order valence-corrected chi connectivity index (χ3v) is 16.3. The summed E-state index contributed by atoms with van der Waals surface area (Å²) in [5.41, 5.74) is 0. The molecule has 6 heteroatoms. The van der Waals surface area contributed by atoms with Crippen LogP contribution in [0.3, 0.4) is 0 Å². The van der Waals surface area contributed by atoms with E-state index < -0.39 is 12.1 Å². The van der Waals surface area contributed by atoms with E-state index in [1.807, 2.05) is 6.08 Å². The predicted octanol–water partition coefficient (Wildman–Crippen LogP) is 22.9. The molecule has 464 valence electrons. The Morgan fingerprint density at radius 1 is 0.354 bits per heavy atom. The summed E-state index contributed by atoms with van der Waals surface area (Å²) in [4.78, 5) is 24.6. The van der Waals surface area contributed by atoms with Crippen LogP contribution in [0.2, 0.25) is 0 Å². The first-order valence-electron chi connectivity index (χ1n) is 35.4. The Hall–Kier alpha value is -2.18. The van der Waals surface area contributed by atoms with Crippen LogP contribution in [-0.4, -0.2) is 47.4 Å². The van der Waals surface area contributed by atoms with Crippen LogP contribution in [0.1, 0.15) is 380 Å². The van der Waals surface area contributed by atoms with E-state index in [1.54, 1.807) is 6.08 Å². The molecule has 0 aliphatic heterocycles. The predicted molar refractivity (Wildman–Crippen MR) is 347 cm³/mol. The van der Waals surface area contributed by atoms with Crippen molar-refractivity contribution in [3.8, 4) is 0 Å². The SMILES string of the molecule is CCCCCCC/C=C\CCCCCCCC(=O)OCCCCCCCCCCC/C=C\C/C=C\CCCCCCCCCCCCCCCC(=O)NC(CO)C(O)/C=C/CCCCCCCCCCCCCCCCCCC. The van der Waals surface area contributed by atoms with Crippen molar-refractivity contribution in [1.29, 1.82) is 0 Å². The van der Waals surface area contributed by atoms with Crippen molar-refractivity contribution in [3.05, 3.63) is 48.6 Å². The molecule has 0 aromatic heterocycles. The quantitative estimate of drug-likeness (QED) is 0.0320. The molecule has 2 atom stereocenters. The summed E-state index contributed by atoms with van der Waals surface area (Å²) >= 11 is 0. The number of allylic oxidation sites excluding steroid dienone is 7. The Morgan fingerprint density at radius 3 is 0.975 bits per heavy atom. The number of nitrogens with one attached hydrogen (secondary N) is 1. The molecule has 0 aliphatic rings. The standard InChI is InChI=1S/C73H137NO5/c1-3-5-7-9-11-13-15-17-19-20-32-35-38-41-45-49-53-57-61-65-71(76)70(69-75)74-72(77)66-62-58-54-50-46-42-39-36-33-30-28-26-24-22-21-23-25-27-29-31-34-37-40-44-48-52-56-60-64-68-79-73(78)67-63-59-55-51-47-43-18-16-14-12-10-8-6-4-2/h16,18,21,23,27,29,61,65,70-71,75-76H,3-15,17,19-20,22,24-26,28,30-60,62-64,66-69H2,1-2H3,(H,74,77)/b18-16-,23-21-,29-27-,65-61+. The Kier molecular flexibility index (Phi) is 66.4. The molecule has 6 nitrogen and oxygen atoms in total. The zero-order valence-electron chi connectivity index (χ0n) is 53.1. The van der Waals surface area contributed by atoms with Crippen molar-refractivity contribution in [2.24, 2.45) is 0 Å². The number of aliphatic hydroxyl groups excluding tert-OH is 2. The first-order valence-corrected chi connectivity index (χ1v) is 35.4. The van der Waals surface area contributed by atoms with Gasteiger partial charge in [0.2, 0.25) is 5.91 Å². The van der Waals surface area contributed by atoms with Gasteiger partial charge in [-0.1, -0.05) is 326 Å². The van der Waals surface area contributed by atoms with Crippen molar-refractivity contribution in [1.82, 2.24) is 5.32 Å². The smallest absolute Gasteiger partial charge is 0.305 e. The van der Waals surface area contributed by atoms with E-state index in [0.717, 1.165) is 51.4 Å². The molecular formula is C73H137NO5. The van der Waals surface area contributed by atoms with Gasteiger partial charge in [0.25, 0.3) is 0 Å². The number of hydrogen-bond donors (Lipinski definition) is 3. The fourth-order valence-electron chi connectivity index (χ4n) is 10.9. The molecule has 0 bridgehead atoms. The lowest BCUT2D eigenvalue weighted by Gasteiger charge is -2.20. The van der Waals surface area contributed by atoms with Crippen LogP contribution in [-0.2, 0) is 14.3 Å². The molecule has 0 heterocycles. The molecule has 0 saturated heterocycles. The summed E-state index contributed by atoms with van der Waals surface area (Å²) in [7, 11) is 0. The Balaban J connectivity index is 3.43. The molecule has 0 aromatic rings. The van der Waals surface area contributed by atoms with Crippen molar-refractivity contribution >= 4 is 11.9 Å². The van der Waals surface area contributed by atoms with Gasteiger partial charge in [-0.05, 0) is 89.9 Å². The molecule has 0 spiro atoms. The summed E-state index contributed by atoms with van der Waals surface area (Å²) < 4.78 is 5.48. The first-order chi connectivity index (χ1) is 39.0. The molecule has 0 saturated carbocycles. The van der Waals surface area contributed by atoms with Gasteiger partial charge in [0.1, 0.15) is 0 Å². The first kappa shape index (κ1) is 76.8. The minimum Gasteiger partial charge on any atom is -0.466 e. The van der Waals surface area contributed by atoms with Gasteiger partial charge in [-0.25, -0.2) is 0 Å². The number of ether oxygens (including phenoxy) is 1. The molecule has 1 amide bonds. The van der Waals surface area contributed by atoms with Gasteiger partial charge in [0.15, 0.2) is 0 Å². The Bertz CT molecular complexity index is 1320. The van der Waals surface area contributed by atoms with E-state index in [9.17, 15) is 19.8 Å². The molecule has 3 N–H and O–H groups in total. The van der Waals surface area contributed by atoms with Gasteiger partial charge in [-0.2, -0.15) is 0 Å². The maximum atomic E-state index is 12.5. The normalized spacial score (nSPS) is 12.8. The highest BCUT2D eigenvalue weighted by molar-refractivity contribution is 5.76. The number of aliphatic hydroxyl groups is 2. The van der Waals surface area contributed by atoms with Gasteiger partial charge in [0.05, 0.1) is 25.4 Å². The lowest BCUT2D eigenvalue weighted by molar-refractivity contribution is -0.143. The number of amides is 1. The largest absolute Gasteiger partial charge is 0.466 e. The highest BCUT2D eigenvalue weighted by atomic mass is 16.5. The van der Waals surface area contributed by atoms with Crippen LogP contribution in [0.25, 0.3) is 0 Å². The molecular weight excluding hydrogens is 971 g/mol. The molecule has 0 rings (SSSR count). The molecule has 0 aromatic carbocycles. The number of hydrogen-bond acceptors (Lipinski definition) is 5. The zero-order valence-corrected chi connectivity index (χ0v) is 53.1. The van der Waals surface area contributed by atoms with Gasteiger partial charge < -0.3 is 20.3 Å². The third-order valence-electron chi connectivity index (χ3n) is 16.3. The lowest BCUT2D eigenvalue weighted by atomic mass is 10.0. The fourth-order valence-corrected chi connectivity index (χ4v) is 10.9. The van der Waals surface area contributed by atoms with Crippen LogP contribution in [0.4, 0.5) is 0 Å². The number of rotatable bonds is 66. The minimum absolute atomic E-state index is 0.00322. The van der Waals surface area contributed by atoms with E-state index in [2.05, 4.69) is 55.6 Å². The zero-order chi connectivity index (χ0) is 57.1. The summed E-state index contributed by atoms with van der Waals surface area (Å²) in [5.74, 6) is -0.0630. The van der Waals surface area contributed by atoms with Crippen LogP contribution < -0.4 is 5.32 Å². The second-order valence-electron chi connectivity index (χ2n) is 24.2. The fraction of sp³-hybridized carbons (Fsp3) is 0.863. The van der Waals surface area contributed by atoms with Crippen molar-refractivity contribution in [2.45, 2.75) is 392 Å². The average Bonchev–Trinajstić information content (AvgIpc) is 3.45. The Morgan fingerprint density at radius 2 is 0.633 bits per heavy atom. The maximum absolute atomic E-state index is 12.5. The highest BCUT2D eigenvalue weighted by Gasteiger charge is 2.18. The molecule has 0 aliphatic carbocycles. The maximum Gasteiger partial charge on any atom is 0.305 e. The molecule has 79 heavy (non-hydrogen) atoms. The summed E-state index contributed by atoms with van der Waals surface area (Å²) in [5, 5.41) is 23.2. The average molecular weight is 1110 g/mol. The summed E-state index contributed by atoms with van der Waals surface area (Å²) in [6, 6.07) is -0.630. The van der Waals surface area contributed by atoms with Gasteiger partial charge in [-0.3, -0.25) is 9.59 Å². The van der Waals surface area contributed by atoms with E-state index in [0.29, 0.717) is 19.4 Å². The van der Waals surface area contributed by atoms with E-state index in [1.165, 1.54) is 302 Å². The second kappa shape index (κ2) is 68.3. The highest BCUT2D eigenvalue weighted by Crippen LogP contribution is 2.18. The molecule has 0 radical (unpaired) electrons. The Labute approximate surface area is 493 Å². The van der Waals surface area contributed by atoms with Gasteiger partial charge >= 0.3 is 5.97 Å². The number of carbonyl (C=O) groups excluding carboxylic acids is 2. The van der Waals surface area contributed by atoms with Gasteiger partial charge in [0, 0.05) is 12.8 Å². The van der Waals surface area contributed by atoms with Crippen molar-refractivity contribution < 1.29 is 24.5 Å². The van der Waals surface area contributed by atoms with E-state index >= 15 is 0 Å². The molecule has 0 fully saturated rings. The van der Waals surface area contributed by atoms with Crippen molar-refractivity contribution in [2.75, 3.05) is 13.2 Å². The van der Waals surface area contributed by atoms with Crippen molar-refractivity contribution in [3.63, 3.8) is 0 Å². The second-order valence-corrected chi connectivity index (χ2v) is 24.2. The van der Waals surface area contributed by atoms with Crippen LogP contribution in [0.5, 0.6) is 0 Å². The topological polar surface area (TPSA) is 95.9 Å². The van der Waals surface area contributed by atoms with Crippen LogP contribution in [0, 0.1) is 0 Å². The monoisotopic (exact) mass is 1110 g/mol. The third kappa shape index (κ3) is 64.8. The van der Waals surface area contributed by atoms with Crippen LogP contribution >= 0.6 is 0 Å². The van der Waals surface area contributed by atoms with Crippen LogP contribution in [0.15, 0.2) is 48.6 Å². The number of unbranched alkanes of at least 4 members (excludes halogenated alkanes) is 49. The summed E-state index contributed by atoms with van der Waals surface area (Å²) in [6.45, 7) is 4.91. The minimum atomic E-state index is -0.847. The summed E-state index contributed by atoms with van der Waals surface area (Å²) in [6.07, 6.45) is 89.0. The molecule has 2 unspecified atom stereocenters. The number of carbonyl (C=O) groups is 2. The lowest BCUT2D eigenvalue weighted by Crippen LogP contribution is -2.45. The van der Waals surface area contributed by atoms with E-state index in [4.69, 9.17) is 4.74 Å². The van der Waals surface area contributed by atoms with Gasteiger partial charge in [-0.15, -0.1) is 0 Å². The van der Waals surface area contributed by atoms with E-state index in [-0.39, 0.29) is 18.5 Å².